The minimum absolute atomic E-state index is 0.00104. The Morgan fingerprint density at radius 2 is 2.00 bits per heavy atom. The number of piperidine rings is 1. The third kappa shape index (κ3) is 3.51. The van der Waals surface area contributed by atoms with Crippen LogP contribution in [0.1, 0.15) is 43.7 Å². The molecule has 24 heavy (non-hydrogen) atoms. The number of amides is 1. The van der Waals surface area contributed by atoms with E-state index in [2.05, 4.69) is 19.9 Å². The van der Waals surface area contributed by atoms with Crippen molar-refractivity contribution in [1.82, 2.24) is 0 Å². The van der Waals surface area contributed by atoms with E-state index >= 15 is 0 Å². The highest BCUT2D eigenvalue weighted by atomic mass is 16.4. The molecule has 0 aliphatic carbocycles. The smallest absolute Gasteiger partial charge is 0.336 e. The number of nitrogens with two attached hydrogens (primary N) is 1. The lowest BCUT2D eigenvalue weighted by Crippen LogP contribution is -3.11. The molecular formula is C19H25N2O3+. The molecule has 3 N–H and O–H groups in total. The minimum Gasteiger partial charge on any atom is -0.423 e. The molecule has 5 heteroatoms. The van der Waals surface area contributed by atoms with Crippen LogP contribution in [0.25, 0.3) is 11.0 Å². The molecule has 0 radical (unpaired) electrons. The van der Waals surface area contributed by atoms with Crippen LogP contribution in [0.3, 0.4) is 0 Å². The number of quaternary nitrogens is 1. The first-order valence-corrected chi connectivity index (χ1v) is 8.63. The summed E-state index contributed by atoms with van der Waals surface area (Å²) in [7, 11) is 0. The van der Waals surface area contributed by atoms with Gasteiger partial charge in [0, 0.05) is 35.8 Å². The maximum Gasteiger partial charge on any atom is 0.336 e. The fourth-order valence-corrected chi connectivity index (χ4v) is 3.51. The number of hydrogen-bond donors (Lipinski definition) is 2. The second-order valence-corrected chi connectivity index (χ2v) is 7.10. The van der Waals surface area contributed by atoms with Crippen molar-refractivity contribution in [3.8, 4) is 0 Å². The van der Waals surface area contributed by atoms with Crippen LogP contribution in [-0.2, 0) is 11.3 Å². The topological polar surface area (TPSA) is 77.7 Å². The Labute approximate surface area is 141 Å². The largest absolute Gasteiger partial charge is 0.423 e. The maximum absolute atomic E-state index is 11.9. The molecule has 1 aliphatic heterocycles. The van der Waals surface area contributed by atoms with Gasteiger partial charge in [-0.1, -0.05) is 19.9 Å². The van der Waals surface area contributed by atoms with Crippen molar-refractivity contribution in [2.45, 2.75) is 39.2 Å². The van der Waals surface area contributed by atoms with Crippen molar-refractivity contribution in [1.29, 1.82) is 0 Å². The average molecular weight is 329 g/mol. The number of likely N-dealkylation sites (tertiary alicyclic amines) is 1. The van der Waals surface area contributed by atoms with Gasteiger partial charge in [0.15, 0.2) is 0 Å². The van der Waals surface area contributed by atoms with E-state index in [1.54, 1.807) is 6.07 Å². The van der Waals surface area contributed by atoms with Gasteiger partial charge >= 0.3 is 5.63 Å². The molecule has 1 fully saturated rings. The number of primary amides is 1. The molecule has 2 heterocycles. The molecule has 1 aliphatic rings. The minimum atomic E-state index is -0.304. The van der Waals surface area contributed by atoms with Crippen LogP contribution in [-0.4, -0.2) is 19.0 Å². The van der Waals surface area contributed by atoms with E-state index < -0.39 is 0 Å². The zero-order chi connectivity index (χ0) is 17.3. The van der Waals surface area contributed by atoms with Crippen LogP contribution in [0.2, 0.25) is 0 Å². The summed E-state index contributed by atoms with van der Waals surface area (Å²) < 4.78 is 5.35. The van der Waals surface area contributed by atoms with Gasteiger partial charge in [0.2, 0.25) is 5.91 Å². The summed E-state index contributed by atoms with van der Waals surface area (Å²) in [5.41, 5.74) is 8.01. The van der Waals surface area contributed by atoms with Crippen LogP contribution in [0.5, 0.6) is 0 Å². The Bertz CT molecular complexity index is 802. The Morgan fingerprint density at radius 3 is 2.62 bits per heavy atom. The van der Waals surface area contributed by atoms with Crippen LogP contribution < -0.4 is 16.3 Å². The molecular weight excluding hydrogens is 304 g/mol. The summed E-state index contributed by atoms with van der Waals surface area (Å²) in [4.78, 5) is 24.6. The second-order valence-electron chi connectivity index (χ2n) is 7.10. The molecule has 0 spiro atoms. The summed E-state index contributed by atoms with van der Waals surface area (Å²) in [6.45, 7) is 6.88. The first kappa shape index (κ1) is 16.7. The van der Waals surface area contributed by atoms with Gasteiger partial charge in [-0.15, -0.1) is 0 Å². The van der Waals surface area contributed by atoms with E-state index in [9.17, 15) is 9.59 Å². The highest BCUT2D eigenvalue weighted by Crippen LogP contribution is 2.23. The highest BCUT2D eigenvalue weighted by molar-refractivity contribution is 5.81. The van der Waals surface area contributed by atoms with E-state index in [0.717, 1.165) is 43.4 Å². The van der Waals surface area contributed by atoms with Crippen LogP contribution in [0, 0.1) is 5.92 Å². The molecule has 1 aromatic heterocycles. The first-order chi connectivity index (χ1) is 11.4. The van der Waals surface area contributed by atoms with E-state index in [0.29, 0.717) is 11.5 Å². The van der Waals surface area contributed by atoms with Crippen LogP contribution in [0.15, 0.2) is 33.5 Å². The third-order valence-electron chi connectivity index (χ3n) is 5.05. The lowest BCUT2D eigenvalue weighted by atomic mass is 9.95. The zero-order valence-electron chi connectivity index (χ0n) is 14.3. The van der Waals surface area contributed by atoms with Gasteiger partial charge in [-0.2, -0.15) is 0 Å². The fraction of sp³-hybridized carbons (Fsp3) is 0.474. The molecule has 1 saturated heterocycles. The molecule has 0 atom stereocenters. The van der Waals surface area contributed by atoms with E-state index in [4.69, 9.17) is 10.2 Å². The summed E-state index contributed by atoms with van der Waals surface area (Å²) in [5, 5.41) is 1.02. The number of fused-ring (bicyclic) bond motifs is 1. The van der Waals surface area contributed by atoms with Crippen molar-refractivity contribution in [2.75, 3.05) is 13.1 Å². The molecule has 3 rings (SSSR count). The van der Waals surface area contributed by atoms with E-state index in [1.165, 1.54) is 10.5 Å². The summed E-state index contributed by atoms with van der Waals surface area (Å²) in [5.74, 6) is 0.230. The number of benzene rings is 1. The van der Waals surface area contributed by atoms with Gasteiger partial charge in [0.1, 0.15) is 12.1 Å². The molecule has 2 aromatic rings. The molecule has 0 bridgehead atoms. The molecule has 0 unspecified atom stereocenters. The Hall–Kier alpha value is -2.14. The van der Waals surface area contributed by atoms with Crippen molar-refractivity contribution in [3.63, 3.8) is 0 Å². The van der Waals surface area contributed by atoms with Gasteiger partial charge in [0.05, 0.1) is 13.1 Å². The Balaban J connectivity index is 1.87. The van der Waals surface area contributed by atoms with Crippen LogP contribution >= 0.6 is 0 Å². The van der Waals surface area contributed by atoms with Crippen molar-refractivity contribution in [2.24, 2.45) is 11.7 Å². The monoisotopic (exact) mass is 329 g/mol. The van der Waals surface area contributed by atoms with Gasteiger partial charge in [-0.3, -0.25) is 4.79 Å². The summed E-state index contributed by atoms with van der Waals surface area (Å²) in [6, 6.07) is 7.66. The summed E-state index contributed by atoms with van der Waals surface area (Å²) in [6.07, 6.45) is 1.64. The van der Waals surface area contributed by atoms with Gasteiger partial charge in [-0.05, 0) is 23.6 Å². The van der Waals surface area contributed by atoms with E-state index in [1.807, 2.05) is 12.1 Å². The number of nitrogens with one attached hydrogen (secondary N) is 1. The quantitative estimate of drug-likeness (QED) is 0.827. The second kappa shape index (κ2) is 6.77. The molecule has 0 saturated carbocycles. The van der Waals surface area contributed by atoms with Crippen molar-refractivity contribution in [3.05, 3.63) is 45.8 Å². The van der Waals surface area contributed by atoms with Gasteiger partial charge in [0.25, 0.3) is 0 Å². The number of carbonyl (C=O) groups excluding carboxylic acids is 1. The van der Waals surface area contributed by atoms with Crippen molar-refractivity contribution < 1.29 is 14.1 Å². The molecule has 5 nitrogen and oxygen atoms in total. The lowest BCUT2D eigenvalue weighted by Gasteiger charge is -2.27. The number of carbonyl (C=O) groups is 1. The molecule has 128 valence electrons. The predicted molar refractivity (Wildman–Crippen MR) is 92.9 cm³/mol. The average Bonchev–Trinajstić information content (AvgIpc) is 2.54. The zero-order valence-corrected chi connectivity index (χ0v) is 14.3. The van der Waals surface area contributed by atoms with E-state index in [-0.39, 0.29) is 17.5 Å². The number of rotatable bonds is 4. The normalized spacial score (nSPS) is 21.3. The fourth-order valence-electron chi connectivity index (χ4n) is 3.51. The van der Waals surface area contributed by atoms with Crippen LogP contribution in [0.4, 0.5) is 0 Å². The SMILES string of the molecule is CC(C)c1ccc2oc(=O)cc(C[NH+]3CCC(C(N)=O)CC3)c2c1. The third-order valence-corrected chi connectivity index (χ3v) is 5.05. The Kier molecular flexibility index (Phi) is 4.71. The highest BCUT2D eigenvalue weighted by Gasteiger charge is 2.26. The lowest BCUT2D eigenvalue weighted by molar-refractivity contribution is -0.919. The Morgan fingerprint density at radius 1 is 1.29 bits per heavy atom. The summed E-state index contributed by atoms with van der Waals surface area (Å²) >= 11 is 0. The molecule has 1 aromatic carbocycles. The number of hydrogen-bond acceptors (Lipinski definition) is 3. The standard InChI is InChI=1S/C19H24N2O3/c1-12(2)14-3-4-17-16(9-14)15(10-18(22)24-17)11-21-7-5-13(6-8-21)19(20)23/h3-4,9-10,12-13H,5-8,11H2,1-2H3,(H2,20,23)/p+1. The first-order valence-electron chi connectivity index (χ1n) is 8.63. The van der Waals surface area contributed by atoms with Gasteiger partial charge < -0.3 is 15.1 Å². The van der Waals surface area contributed by atoms with Gasteiger partial charge in [-0.25, -0.2) is 4.79 Å². The molecule has 1 amide bonds. The van der Waals surface area contributed by atoms with Crippen molar-refractivity contribution >= 4 is 16.9 Å². The predicted octanol–water partition coefficient (Wildman–Crippen LogP) is 1.20. The maximum atomic E-state index is 11.9.